The van der Waals surface area contributed by atoms with Crippen molar-refractivity contribution in [3.05, 3.63) is 0 Å². The van der Waals surface area contributed by atoms with Crippen LogP contribution in [0.25, 0.3) is 0 Å². The molecule has 1 amide bonds. The molecule has 0 saturated heterocycles. The second-order valence-corrected chi connectivity index (χ2v) is 5.68. The second-order valence-electron chi connectivity index (χ2n) is 4.26. The van der Waals surface area contributed by atoms with Gasteiger partial charge in [0.2, 0.25) is 5.91 Å². The molecule has 0 aliphatic heterocycles. The molecule has 0 aromatic carbocycles. The number of amides is 1. The number of hydrogen-bond donors (Lipinski definition) is 2. The van der Waals surface area contributed by atoms with Crippen molar-refractivity contribution in [2.24, 2.45) is 11.1 Å². The number of nitrogens with one attached hydrogen (secondary N) is 1. The molecule has 92 valence electrons. The highest BCUT2D eigenvalue weighted by atomic mass is 32.2. The number of rotatable bonds is 5. The summed E-state index contributed by atoms with van der Waals surface area (Å²) in [6, 6.07) is 0. The van der Waals surface area contributed by atoms with Gasteiger partial charge in [-0.05, 0) is 19.1 Å². The Labute approximate surface area is 107 Å². The van der Waals surface area contributed by atoms with Gasteiger partial charge in [0.1, 0.15) is 0 Å². The molecule has 1 aliphatic rings. The molecule has 0 atom stereocenters. The van der Waals surface area contributed by atoms with Gasteiger partial charge in [0.05, 0.1) is 10.4 Å². The third-order valence-corrected chi connectivity index (χ3v) is 4.21. The Kier molecular flexibility index (Phi) is 5.55. The van der Waals surface area contributed by atoms with E-state index in [4.69, 9.17) is 18.0 Å². The predicted octanol–water partition coefficient (Wildman–Crippen LogP) is 1.70. The minimum absolute atomic E-state index is 0.0359. The molecule has 0 bridgehead atoms. The van der Waals surface area contributed by atoms with Crippen LogP contribution in [-0.2, 0) is 4.79 Å². The molecule has 3 nitrogen and oxygen atoms in total. The second kappa shape index (κ2) is 6.45. The van der Waals surface area contributed by atoms with E-state index >= 15 is 0 Å². The van der Waals surface area contributed by atoms with Crippen LogP contribution >= 0.6 is 24.0 Å². The normalized spacial score (nSPS) is 19.1. The maximum atomic E-state index is 12.1. The summed E-state index contributed by atoms with van der Waals surface area (Å²) in [5, 5.41) is 2.95. The highest BCUT2D eigenvalue weighted by molar-refractivity contribution is 7.98. The van der Waals surface area contributed by atoms with Gasteiger partial charge < -0.3 is 11.1 Å². The average Bonchev–Trinajstić information content (AvgIpc) is 2.30. The molecule has 0 heterocycles. The molecule has 1 saturated carbocycles. The van der Waals surface area contributed by atoms with Gasteiger partial charge in [-0.2, -0.15) is 11.8 Å². The van der Waals surface area contributed by atoms with Gasteiger partial charge in [0.15, 0.2) is 0 Å². The lowest BCUT2D eigenvalue weighted by atomic mass is 9.73. The van der Waals surface area contributed by atoms with Crippen molar-refractivity contribution in [1.29, 1.82) is 0 Å². The van der Waals surface area contributed by atoms with Crippen molar-refractivity contribution in [1.82, 2.24) is 5.32 Å². The first-order valence-electron chi connectivity index (χ1n) is 5.70. The molecule has 0 spiro atoms. The van der Waals surface area contributed by atoms with Crippen molar-refractivity contribution in [3.63, 3.8) is 0 Å². The molecule has 3 N–H and O–H groups in total. The van der Waals surface area contributed by atoms with Gasteiger partial charge in [-0.15, -0.1) is 0 Å². The van der Waals surface area contributed by atoms with E-state index < -0.39 is 5.41 Å². The van der Waals surface area contributed by atoms with Crippen molar-refractivity contribution in [2.75, 3.05) is 18.6 Å². The largest absolute Gasteiger partial charge is 0.392 e. The molecule has 0 aromatic heterocycles. The van der Waals surface area contributed by atoms with Gasteiger partial charge in [-0.25, -0.2) is 0 Å². The van der Waals surface area contributed by atoms with Crippen LogP contribution in [-0.4, -0.2) is 29.4 Å². The smallest absolute Gasteiger partial charge is 0.233 e. The third-order valence-electron chi connectivity index (χ3n) is 3.21. The summed E-state index contributed by atoms with van der Waals surface area (Å²) in [7, 11) is 0. The van der Waals surface area contributed by atoms with E-state index in [1.54, 1.807) is 11.8 Å². The van der Waals surface area contributed by atoms with Gasteiger partial charge in [0.25, 0.3) is 0 Å². The highest BCUT2D eigenvalue weighted by Crippen LogP contribution is 2.36. The highest BCUT2D eigenvalue weighted by Gasteiger charge is 2.41. The Morgan fingerprint density at radius 2 is 2.06 bits per heavy atom. The van der Waals surface area contributed by atoms with E-state index in [0.29, 0.717) is 11.5 Å². The Morgan fingerprint density at radius 1 is 1.44 bits per heavy atom. The fourth-order valence-corrected chi connectivity index (χ4v) is 2.78. The van der Waals surface area contributed by atoms with Gasteiger partial charge >= 0.3 is 0 Å². The van der Waals surface area contributed by atoms with Crippen molar-refractivity contribution in [2.45, 2.75) is 32.1 Å². The van der Waals surface area contributed by atoms with E-state index in [1.165, 1.54) is 6.42 Å². The predicted molar refractivity (Wildman–Crippen MR) is 73.7 cm³/mol. The van der Waals surface area contributed by atoms with E-state index in [1.807, 2.05) is 6.26 Å². The van der Waals surface area contributed by atoms with Crippen molar-refractivity contribution in [3.8, 4) is 0 Å². The Hall–Kier alpha value is -0.290. The van der Waals surface area contributed by atoms with Crippen LogP contribution in [0.3, 0.4) is 0 Å². The Morgan fingerprint density at radius 3 is 2.56 bits per heavy atom. The van der Waals surface area contributed by atoms with Crippen LogP contribution in [0, 0.1) is 5.41 Å². The zero-order valence-corrected chi connectivity index (χ0v) is 11.4. The lowest BCUT2D eigenvalue weighted by Crippen LogP contribution is -2.50. The summed E-state index contributed by atoms with van der Waals surface area (Å²) in [4.78, 5) is 12.5. The van der Waals surface area contributed by atoms with E-state index in [-0.39, 0.29) is 5.91 Å². The van der Waals surface area contributed by atoms with Crippen LogP contribution in [0.15, 0.2) is 0 Å². The fourth-order valence-electron chi connectivity index (χ4n) is 2.18. The summed E-state index contributed by atoms with van der Waals surface area (Å²) in [6.07, 6.45) is 6.93. The first-order valence-corrected chi connectivity index (χ1v) is 7.51. The Balaban J connectivity index is 2.61. The quantitative estimate of drug-likeness (QED) is 0.583. The molecule has 1 rings (SSSR count). The first kappa shape index (κ1) is 13.8. The molecule has 0 aromatic rings. The lowest BCUT2D eigenvalue weighted by molar-refractivity contribution is -0.128. The SMILES string of the molecule is CSCCNC(=O)C1(C(N)=S)CCCCC1. The van der Waals surface area contributed by atoms with Gasteiger partial charge in [-0.3, -0.25) is 4.79 Å². The van der Waals surface area contributed by atoms with E-state index in [0.717, 1.165) is 31.4 Å². The monoisotopic (exact) mass is 260 g/mol. The standard InChI is InChI=1S/C11H20N2OS2/c1-16-8-7-13-10(14)11(9(12)15)5-3-2-4-6-11/h2-8H2,1H3,(H2,12,15)(H,13,14). The lowest BCUT2D eigenvalue weighted by Gasteiger charge is -2.34. The van der Waals surface area contributed by atoms with Gasteiger partial charge in [0, 0.05) is 12.3 Å². The Bertz CT molecular complexity index is 263. The number of thiocarbonyl (C=S) groups is 1. The van der Waals surface area contributed by atoms with Crippen LogP contribution in [0.5, 0.6) is 0 Å². The topological polar surface area (TPSA) is 55.1 Å². The number of carbonyl (C=O) groups excluding carboxylic acids is 1. The summed E-state index contributed by atoms with van der Waals surface area (Å²) in [5.74, 6) is 0.966. The van der Waals surface area contributed by atoms with E-state index in [9.17, 15) is 4.79 Å². The zero-order chi connectivity index (χ0) is 12.0. The van der Waals surface area contributed by atoms with Crippen LogP contribution in [0.4, 0.5) is 0 Å². The van der Waals surface area contributed by atoms with Crippen LogP contribution in [0.2, 0.25) is 0 Å². The molecule has 16 heavy (non-hydrogen) atoms. The van der Waals surface area contributed by atoms with Crippen molar-refractivity contribution < 1.29 is 4.79 Å². The zero-order valence-electron chi connectivity index (χ0n) is 9.75. The number of carbonyl (C=O) groups is 1. The molecule has 1 fully saturated rings. The minimum Gasteiger partial charge on any atom is -0.392 e. The maximum absolute atomic E-state index is 12.1. The number of thioether (sulfide) groups is 1. The van der Waals surface area contributed by atoms with Crippen LogP contribution < -0.4 is 11.1 Å². The molecule has 1 aliphatic carbocycles. The van der Waals surface area contributed by atoms with Crippen LogP contribution in [0.1, 0.15) is 32.1 Å². The van der Waals surface area contributed by atoms with Crippen molar-refractivity contribution >= 4 is 34.9 Å². The van der Waals surface area contributed by atoms with E-state index in [2.05, 4.69) is 5.32 Å². The van der Waals surface area contributed by atoms with Gasteiger partial charge in [-0.1, -0.05) is 31.5 Å². The third kappa shape index (κ3) is 3.10. The summed E-state index contributed by atoms with van der Waals surface area (Å²) in [6.45, 7) is 0.699. The molecular weight excluding hydrogens is 240 g/mol. The number of hydrogen-bond acceptors (Lipinski definition) is 3. The summed E-state index contributed by atoms with van der Waals surface area (Å²) in [5.41, 5.74) is 5.21. The molecule has 0 radical (unpaired) electrons. The first-order chi connectivity index (χ1) is 7.63. The minimum atomic E-state index is -0.564. The molecule has 0 unspecified atom stereocenters. The average molecular weight is 260 g/mol. The fraction of sp³-hybridized carbons (Fsp3) is 0.818. The molecular formula is C11H20N2OS2. The molecule has 5 heteroatoms. The summed E-state index contributed by atoms with van der Waals surface area (Å²) >= 11 is 6.81. The maximum Gasteiger partial charge on any atom is 0.233 e. The summed E-state index contributed by atoms with van der Waals surface area (Å²) < 4.78 is 0. The number of nitrogens with two attached hydrogens (primary N) is 1.